The summed E-state index contributed by atoms with van der Waals surface area (Å²) >= 11 is 0. The molecule has 1 aromatic carbocycles. The molecular weight excluding hydrogens is 328 g/mol. The number of nitrogens with two attached hydrogens (primary N) is 1. The number of tetrazole rings is 1. The molecule has 0 bridgehead atoms. The van der Waals surface area contributed by atoms with Crippen LogP contribution in [0, 0.1) is 11.8 Å². The molecule has 3 rings (SSSR count). The average Bonchev–Trinajstić information content (AvgIpc) is 3.08. The first-order valence-electron chi connectivity index (χ1n) is 9.48. The van der Waals surface area contributed by atoms with E-state index >= 15 is 0 Å². The number of aromatic nitrogens is 4. The lowest BCUT2D eigenvalue weighted by Gasteiger charge is -2.34. The Hall–Kier alpha value is -2.28. The van der Waals surface area contributed by atoms with Crippen LogP contribution in [-0.2, 0) is 11.3 Å². The summed E-state index contributed by atoms with van der Waals surface area (Å²) in [6, 6.07) is 10.5. The molecule has 7 heteroatoms. The molecule has 1 amide bonds. The zero-order valence-electron chi connectivity index (χ0n) is 15.6. The molecule has 0 aliphatic carbocycles. The van der Waals surface area contributed by atoms with Crippen molar-refractivity contribution in [2.75, 3.05) is 13.1 Å². The lowest BCUT2D eigenvalue weighted by molar-refractivity contribution is -0.938. The van der Waals surface area contributed by atoms with Crippen LogP contribution in [0.4, 0.5) is 0 Å². The molecule has 140 valence electrons. The zero-order chi connectivity index (χ0) is 18.5. The predicted octanol–water partition coefficient (Wildman–Crippen LogP) is 0.589. The Morgan fingerprint density at radius 1 is 1.27 bits per heavy atom. The third-order valence-corrected chi connectivity index (χ3v) is 5.28. The highest BCUT2D eigenvalue weighted by Crippen LogP contribution is 2.19. The first kappa shape index (κ1) is 18.5. The van der Waals surface area contributed by atoms with Crippen molar-refractivity contribution in [1.82, 2.24) is 20.2 Å². The average molecular weight is 357 g/mol. The number of benzene rings is 1. The smallest absolute Gasteiger partial charge is 0.220 e. The summed E-state index contributed by atoms with van der Waals surface area (Å²) in [6.07, 6.45) is 2.71. The van der Waals surface area contributed by atoms with Gasteiger partial charge in [-0.3, -0.25) is 4.79 Å². The Labute approximate surface area is 154 Å². The highest BCUT2D eigenvalue weighted by Gasteiger charge is 2.35. The van der Waals surface area contributed by atoms with E-state index in [0.29, 0.717) is 12.5 Å². The molecule has 1 aromatic heterocycles. The number of hydrogen-bond acceptors (Lipinski definition) is 4. The molecule has 7 nitrogen and oxygen atoms in total. The van der Waals surface area contributed by atoms with E-state index < -0.39 is 0 Å². The lowest BCUT2D eigenvalue weighted by Crippen LogP contribution is -3.13. The summed E-state index contributed by atoms with van der Waals surface area (Å²) in [5, 5.41) is 12.6. The van der Waals surface area contributed by atoms with Gasteiger partial charge in [-0.05, 0) is 21.9 Å². The number of quaternary nitrogens is 1. The number of rotatable bonds is 7. The van der Waals surface area contributed by atoms with E-state index in [9.17, 15) is 4.79 Å². The maximum Gasteiger partial charge on any atom is 0.220 e. The van der Waals surface area contributed by atoms with Gasteiger partial charge in [0, 0.05) is 25.2 Å². The minimum absolute atomic E-state index is 0.0127. The third-order valence-electron chi connectivity index (χ3n) is 5.28. The van der Waals surface area contributed by atoms with Gasteiger partial charge in [-0.25, -0.2) is 4.68 Å². The molecule has 26 heavy (non-hydrogen) atoms. The van der Waals surface area contributed by atoms with Crippen molar-refractivity contribution in [2.45, 2.75) is 45.7 Å². The van der Waals surface area contributed by atoms with Gasteiger partial charge in [0.15, 0.2) is 0 Å². The van der Waals surface area contributed by atoms with Gasteiger partial charge in [-0.1, -0.05) is 44.2 Å². The number of likely N-dealkylation sites (tertiary alicyclic amines) is 1. The fourth-order valence-corrected chi connectivity index (χ4v) is 3.88. The summed E-state index contributed by atoms with van der Waals surface area (Å²) < 4.78 is 1.93. The quantitative estimate of drug-likeness (QED) is 0.759. The van der Waals surface area contributed by atoms with Crippen molar-refractivity contribution in [3.8, 4) is 0 Å². The number of carbonyl (C=O) groups is 1. The molecular formula is C19H29N6O+. The summed E-state index contributed by atoms with van der Waals surface area (Å²) in [7, 11) is 0. The normalized spacial score (nSPS) is 21.7. The standard InChI is InChI=1S/C19H28N6O/c1-14(2)12-17(24-10-8-16(9-11-24)18(20)26)19-21-22-23-25(19)13-15-6-4-3-5-7-15/h3-7,14,16-17H,8-13H2,1-2H3,(H2,20,26)/p+1/t17-/m1/s1. The first-order chi connectivity index (χ1) is 12.5. The second kappa shape index (κ2) is 8.40. The molecule has 1 aliphatic heterocycles. The number of carbonyl (C=O) groups excluding carboxylic acids is 1. The van der Waals surface area contributed by atoms with Crippen molar-refractivity contribution < 1.29 is 9.69 Å². The van der Waals surface area contributed by atoms with Crippen molar-refractivity contribution >= 4 is 5.91 Å². The van der Waals surface area contributed by atoms with Crippen LogP contribution in [0.2, 0.25) is 0 Å². The van der Waals surface area contributed by atoms with Crippen LogP contribution in [0.1, 0.15) is 50.5 Å². The van der Waals surface area contributed by atoms with Gasteiger partial charge in [-0.15, -0.1) is 5.10 Å². The van der Waals surface area contributed by atoms with Crippen LogP contribution >= 0.6 is 0 Å². The van der Waals surface area contributed by atoms with Crippen LogP contribution in [0.15, 0.2) is 30.3 Å². The van der Waals surface area contributed by atoms with E-state index in [-0.39, 0.29) is 17.9 Å². The summed E-state index contributed by atoms with van der Waals surface area (Å²) in [5.74, 6) is 1.33. The minimum atomic E-state index is -0.168. The van der Waals surface area contributed by atoms with Gasteiger partial charge in [0.25, 0.3) is 0 Å². The molecule has 1 aliphatic rings. The first-order valence-corrected chi connectivity index (χ1v) is 9.48. The molecule has 1 fully saturated rings. The molecule has 2 aromatic rings. The van der Waals surface area contributed by atoms with E-state index in [2.05, 4.69) is 41.5 Å². The van der Waals surface area contributed by atoms with Crippen LogP contribution in [0.25, 0.3) is 0 Å². The van der Waals surface area contributed by atoms with E-state index in [1.54, 1.807) is 0 Å². The Balaban J connectivity index is 1.78. The predicted molar refractivity (Wildman–Crippen MR) is 98.2 cm³/mol. The van der Waals surface area contributed by atoms with Crippen molar-refractivity contribution in [1.29, 1.82) is 0 Å². The number of primary amides is 1. The maximum absolute atomic E-state index is 11.5. The Bertz CT molecular complexity index is 706. The van der Waals surface area contributed by atoms with Gasteiger partial charge >= 0.3 is 0 Å². The highest BCUT2D eigenvalue weighted by atomic mass is 16.1. The lowest BCUT2D eigenvalue weighted by atomic mass is 9.93. The number of piperidine rings is 1. The van der Waals surface area contributed by atoms with Crippen molar-refractivity contribution in [3.63, 3.8) is 0 Å². The molecule has 0 spiro atoms. The molecule has 1 saturated heterocycles. The molecule has 1 atom stereocenters. The van der Waals surface area contributed by atoms with Crippen LogP contribution in [-0.4, -0.2) is 39.2 Å². The molecule has 0 saturated carbocycles. The van der Waals surface area contributed by atoms with Crippen molar-refractivity contribution in [3.05, 3.63) is 41.7 Å². The summed E-state index contributed by atoms with van der Waals surface area (Å²) in [6.45, 7) is 7.00. The maximum atomic E-state index is 11.5. The summed E-state index contributed by atoms with van der Waals surface area (Å²) in [5.41, 5.74) is 6.68. The van der Waals surface area contributed by atoms with Crippen LogP contribution in [0.3, 0.4) is 0 Å². The van der Waals surface area contributed by atoms with E-state index in [0.717, 1.165) is 38.2 Å². The fraction of sp³-hybridized carbons (Fsp3) is 0.579. The van der Waals surface area contributed by atoms with Crippen LogP contribution in [0.5, 0.6) is 0 Å². The van der Waals surface area contributed by atoms with Gasteiger partial charge in [0.1, 0.15) is 6.04 Å². The summed E-state index contributed by atoms with van der Waals surface area (Å²) in [4.78, 5) is 12.9. The Morgan fingerprint density at radius 2 is 1.96 bits per heavy atom. The SMILES string of the molecule is CC(C)C[C@H](c1nnnn1Cc1ccccc1)[NH+]1CCC(C(N)=O)CC1. The van der Waals surface area contributed by atoms with Crippen LogP contribution < -0.4 is 10.6 Å². The largest absolute Gasteiger partial charge is 0.369 e. The van der Waals surface area contributed by atoms with E-state index in [1.165, 1.54) is 10.5 Å². The Kier molecular flexibility index (Phi) is 5.98. The number of nitrogens with zero attached hydrogens (tertiary/aromatic N) is 4. The van der Waals surface area contributed by atoms with Gasteiger partial charge < -0.3 is 10.6 Å². The minimum Gasteiger partial charge on any atom is -0.369 e. The zero-order valence-corrected chi connectivity index (χ0v) is 15.6. The van der Waals surface area contributed by atoms with E-state index in [1.807, 2.05) is 22.9 Å². The van der Waals surface area contributed by atoms with E-state index in [4.69, 9.17) is 5.73 Å². The molecule has 3 N–H and O–H groups in total. The molecule has 0 unspecified atom stereocenters. The number of amides is 1. The third kappa shape index (κ3) is 4.46. The molecule has 2 heterocycles. The second-order valence-corrected chi connectivity index (χ2v) is 7.70. The highest BCUT2D eigenvalue weighted by molar-refractivity contribution is 5.76. The second-order valence-electron chi connectivity index (χ2n) is 7.70. The Morgan fingerprint density at radius 3 is 2.58 bits per heavy atom. The van der Waals surface area contributed by atoms with Gasteiger partial charge in [0.2, 0.25) is 11.7 Å². The number of hydrogen-bond donors (Lipinski definition) is 2. The fourth-order valence-electron chi connectivity index (χ4n) is 3.88. The number of nitrogens with one attached hydrogen (secondary N) is 1. The van der Waals surface area contributed by atoms with Crippen molar-refractivity contribution in [2.24, 2.45) is 17.6 Å². The monoisotopic (exact) mass is 357 g/mol. The van der Waals surface area contributed by atoms with Gasteiger partial charge in [-0.2, -0.15) is 0 Å². The van der Waals surface area contributed by atoms with Gasteiger partial charge in [0.05, 0.1) is 19.6 Å². The topological polar surface area (TPSA) is 91.1 Å². The molecule has 0 radical (unpaired) electrons.